The minimum Gasteiger partial charge on any atom is -0.503 e. The Morgan fingerprint density at radius 2 is 2.24 bits per heavy atom. The van der Waals surface area contributed by atoms with E-state index in [0.29, 0.717) is 12.0 Å². The minimum atomic E-state index is -0.128. The van der Waals surface area contributed by atoms with Crippen molar-refractivity contribution in [2.24, 2.45) is 0 Å². The summed E-state index contributed by atoms with van der Waals surface area (Å²) in [4.78, 5) is 18.8. The number of carbonyl (C=O) groups is 1. The van der Waals surface area contributed by atoms with Crippen molar-refractivity contribution in [3.8, 4) is 22.9 Å². The van der Waals surface area contributed by atoms with Gasteiger partial charge in [-0.15, -0.1) is 0 Å². The number of aromatic hydroxyl groups is 1. The number of methoxy groups -OCH3 is 1. The van der Waals surface area contributed by atoms with Gasteiger partial charge in [-0.1, -0.05) is 6.07 Å². The van der Waals surface area contributed by atoms with E-state index < -0.39 is 0 Å². The molecular formula is C12H10N2O3. The van der Waals surface area contributed by atoms with Gasteiger partial charge in [0.05, 0.1) is 12.8 Å². The largest absolute Gasteiger partial charge is 0.503 e. The summed E-state index contributed by atoms with van der Waals surface area (Å²) in [5.41, 5.74) is 0.888. The van der Waals surface area contributed by atoms with Crippen LogP contribution in [0.3, 0.4) is 0 Å². The van der Waals surface area contributed by atoms with Crippen LogP contribution in [0.15, 0.2) is 30.5 Å². The standard InChI is InChI=1S/C12H10N2O3/c1-17-10-6-8(7-15)14-11(12(10)16)9-4-2-3-5-13-9/h2-7,16H,1H3. The third-order valence-corrected chi connectivity index (χ3v) is 2.23. The number of ether oxygens (including phenoxy) is 1. The zero-order valence-electron chi connectivity index (χ0n) is 9.12. The smallest absolute Gasteiger partial charge is 0.186 e. The van der Waals surface area contributed by atoms with Crippen LogP contribution in [0.5, 0.6) is 11.5 Å². The normalized spacial score (nSPS) is 9.94. The number of hydrogen-bond acceptors (Lipinski definition) is 5. The second-order valence-corrected chi connectivity index (χ2v) is 3.28. The lowest BCUT2D eigenvalue weighted by Gasteiger charge is -2.08. The molecule has 0 unspecified atom stereocenters. The van der Waals surface area contributed by atoms with E-state index in [1.165, 1.54) is 13.2 Å². The van der Waals surface area contributed by atoms with Crippen LogP contribution in [0.1, 0.15) is 10.5 Å². The Hall–Kier alpha value is -2.43. The van der Waals surface area contributed by atoms with E-state index in [1.54, 1.807) is 24.4 Å². The van der Waals surface area contributed by atoms with Crippen LogP contribution < -0.4 is 4.74 Å². The van der Waals surface area contributed by atoms with Crippen molar-refractivity contribution in [3.63, 3.8) is 0 Å². The van der Waals surface area contributed by atoms with Crippen LogP contribution in [0.2, 0.25) is 0 Å². The van der Waals surface area contributed by atoms with Crippen LogP contribution in [-0.4, -0.2) is 28.5 Å². The predicted octanol–water partition coefficient (Wildman–Crippen LogP) is 1.67. The van der Waals surface area contributed by atoms with E-state index in [1.807, 2.05) is 0 Å². The van der Waals surface area contributed by atoms with Crippen LogP contribution in [0.4, 0.5) is 0 Å². The molecule has 2 aromatic rings. The molecule has 17 heavy (non-hydrogen) atoms. The summed E-state index contributed by atoms with van der Waals surface area (Å²) >= 11 is 0. The molecule has 0 spiro atoms. The number of pyridine rings is 2. The van der Waals surface area contributed by atoms with Crippen molar-refractivity contribution in [2.45, 2.75) is 0 Å². The summed E-state index contributed by atoms with van der Waals surface area (Å²) < 4.78 is 4.97. The zero-order valence-corrected chi connectivity index (χ0v) is 9.12. The Morgan fingerprint density at radius 3 is 2.82 bits per heavy atom. The molecule has 0 saturated carbocycles. The lowest BCUT2D eigenvalue weighted by Crippen LogP contribution is -1.96. The van der Waals surface area contributed by atoms with E-state index in [4.69, 9.17) is 4.74 Å². The quantitative estimate of drug-likeness (QED) is 0.812. The molecule has 2 rings (SSSR count). The van der Waals surface area contributed by atoms with Crippen molar-refractivity contribution < 1.29 is 14.6 Å². The van der Waals surface area contributed by atoms with Gasteiger partial charge >= 0.3 is 0 Å². The Bertz CT molecular complexity index is 541. The first-order chi connectivity index (χ1) is 8.26. The second-order valence-electron chi connectivity index (χ2n) is 3.28. The van der Waals surface area contributed by atoms with E-state index in [2.05, 4.69) is 9.97 Å². The third kappa shape index (κ3) is 2.08. The third-order valence-electron chi connectivity index (χ3n) is 2.23. The van der Waals surface area contributed by atoms with Gasteiger partial charge in [0.2, 0.25) is 0 Å². The van der Waals surface area contributed by atoms with E-state index in [9.17, 15) is 9.90 Å². The first-order valence-electron chi connectivity index (χ1n) is 4.91. The molecule has 2 heterocycles. The Kier molecular flexibility index (Phi) is 3.00. The Morgan fingerprint density at radius 1 is 1.41 bits per heavy atom. The van der Waals surface area contributed by atoms with Gasteiger partial charge in [0.1, 0.15) is 11.4 Å². The molecule has 2 aromatic heterocycles. The topological polar surface area (TPSA) is 72.3 Å². The summed E-state index contributed by atoms with van der Waals surface area (Å²) in [7, 11) is 1.41. The highest BCUT2D eigenvalue weighted by Gasteiger charge is 2.14. The molecule has 0 aliphatic heterocycles. The molecule has 5 heteroatoms. The van der Waals surface area contributed by atoms with Crippen molar-refractivity contribution in [1.82, 2.24) is 9.97 Å². The first kappa shape index (κ1) is 11.1. The van der Waals surface area contributed by atoms with E-state index >= 15 is 0 Å². The van der Waals surface area contributed by atoms with Gasteiger partial charge in [-0.25, -0.2) is 4.98 Å². The van der Waals surface area contributed by atoms with Gasteiger partial charge in [0.15, 0.2) is 17.8 Å². The highest BCUT2D eigenvalue weighted by atomic mass is 16.5. The Labute approximate surface area is 97.7 Å². The van der Waals surface area contributed by atoms with Crippen LogP contribution in [-0.2, 0) is 0 Å². The maximum atomic E-state index is 10.7. The molecule has 1 N–H and O–H groups in total. The molecule has 0 aliphatic carbocycles. The monoisotopic (exact) mass is 230 g/mol. The molecule has 0 fully saturated rings. The van der Waals surface area contributed by atoms with Crippen molar-refractivity contribution in [1.29, 1.82) is 0 Å². The number of rotatable bonds is 3. The second kappa shape index (κ2) is 4.61. The average Bonchev–Trinajstić information content (AvgIpc) is 2.40. The average molecular weight is 230 g/mol. The van der Waals surface area contributed by atoms with Gasteiger partial charge in [0.25, 0.3) is 0 Å². The van der Waals surface area contributed by atoms with Crippen LogP contribution in [0, 0.1) is 0 Å². The van der Waals surface area contributed by atoms with E-state index in [0.717, 1.165) is 0 Å². The summed E-state index contributed by atoms with van der Waals surface area (Å²) in [5, 5.41) is 9.92. The minimum absolute atomic E-state index is 0.128. The molecule has 5 nitrogen and oxygen atoms in total. The SMILES string of the molecule is COc1cc(C=O)nc(-c2ccccn2)c1O. The number of hydrogen-bond donors (Lipinski definition) is 1. The van der Waals surface area contributed by atoms with Crippen molar-refractivity contribution in [3.05, 3.63) is 36.2 Å². The maximum Gasteiger partial charge on any atom is 0.186 e. The molecule has 0 amide bonds. The summed E-state index contributed by atoms with van der Waals surface area (Å²) in [6.07, 6.45) is 2.17. The van der Waals surface area contributed by atoms with E-state index in [-0.39, 0.29) is 22.9 Å². The van der Waals surface area contributed by atoms with Gasteiger partial charge in [0, 0.05) is 12.3 Å². The summed E-state index contributed by atoms with van der Waals surface area (Å²) in [6, 6.07) is 6.58. The van der Waals surface area contributed by atoms with Gasteiger partial charge < -0.3 is 9.84 Å². The highest BCUT2D eigenvalue weighted by molar-refractivity contribution is 5.77. The van der Waals surface area contributed by atoms with Crippen LogP contribution >= 0.6 is 0 Å². The fourth-order valence-electron chi connectivity index (χ4n) is 1.43. The van der Waals surface area contributed by atoms with Gasteiger partial charge in [-0.2, -0.15) is 0 Å². The number of nitrogens with zero attached hydrogens (tertiary/aromatic N) is 2. The molecule has 0 bridgehead atoms. The predicted molar refractivity (Wildman–Crippen MR) is 61.1 cm³/mol. The molecule has 86 valence electrons. The molecule has 0 radical (unpaired) electrons. The number of aromatic nitrogens is 2. The lowest BCUT2D eigenvalue weighted by molar-refractivity contribution is 0.111. The Balaban J connectivity index is 2.64. The molecule has 0 saturated heterocycles. The lowest BCUT2D eigenvalue weighted by atomic mass is 10.2. The number of aldehydes is 1. The van der Waals surface area contributed by atoms with Crippen molar-refractivity contribution in [2.75, 3.05) is 7.11 Å². The fraction of sp³-hybridized carbons (Fsp3) is 0.0833. The van der Waals surface area contributed by atoms with Gasteiger partial charge in [-0.3, -0.25) is 9.78 Å². The van der Waals surface area contributed by atoms with Crippen molar-refractivity contribution >= 4 is 6.29 Å². The van der Waals surface area contributed by atoms with Gasteiger partial charge in [-0.05, 0) is 12.1 Å². The molecular weight excluding hydrogens is 220 g/mol. The van der Waals surface area contributed by atoms with Crippen LogP contribution in [0.25, 0.3) is 11.4 Å². The molecule has 0 atom stereocenters. The summed E-state index contributed by atoms with van der Waals surface area (Å²) in [6.45, 7) is 0. The molecule has 0 aromatic carbocycles. The molecule has 0 aliphatic rings. The first-order valence-corrected chi connectivity index (χ1v) is 4.91. The zero-order chi connectivity index (χ0) is 12.3. The maximum absolute atomic E-state index is 10.7. The highest BCUT2D eigenvalue weighted by Crippen LogP contribution is 2.34. The summed E-state index contributed by atoms with van der Waals surface area (Å²) in [5.74, 6) is 0.0690. The number of carbonyl (C=O) groups excluding carboxylic acids is 1. The fourth-order valence-corrected chi connectivity index (χ4v) is 1.43.